The Bertz CT molecular complexity index is 2000. The Morgan fingerprint density at radius 1 is 0.282 bits per heavy atom. The highest BCUT2D eigenvalue weighted by atomic mass is 31.2. The van der Waals surface area contributed by atoms with Gasteiger partial charge in [0.2, 0.25) is 0 Å². The van der Waals surface area contributed by atoms with Crippen LogP contribution in [0.15, 0.2) is 0 Å². The predicted molar refractivity (Wildman–Crippen MR) is 423 cm³/mol. The second kappa shape index (κ2) is 74.2. The third-order valence-electron chi connectivity index (χ3n) is 20.4. The molecule has 0 aliphatic rings. The van der Waals surface area contributed by atoms with Gasteiger partial charge in [0.05, 0.1) is 26.4 Å². The maximum absolute atomic E-state index is 13.1. The lowest BCUT2D eigenvalue weighted by Crippen LogP contribution is -2.30. The molecule has 3 N–H and O–H groups in total. The number of ether oxygens (including phenoxy) is 4. The molecule has 0 spiro atoms. The normalized spacial score (nSPS) is 14.4. The number of hydrogen-bond acceptors (Lipinski definition) is 15. The minimum absolute atomic E-state index is 0.105. The molecule has 0 aromatic rings. The van der Waals surface area contributed by atoms with Crippen LogP contribution in [-0.4, -0.2) is 96.7 Å². The molecule has 17 nitrogen and oxygen atoms in total. The van der Waals surface area contributed by atoms with Gasteiger partial charge in [-0.1, -0.05) is 389 Å². The Labute approximate surface area is 632 Å². The van der Waals surface area contributed by atoms with Crippen LogP contribution >= 0.6 is 15.6 Å². The molecule has 19 heteroatoms. The number of carbonyl (C=O) groups excluding carboxylic acids is 4. The maximum atomic E-state index is 13.1. The van der Waals surface area contributed by atoms with E-state index in [0.29, 0.717) is 25.7 Å². The molecule has 4 unspecified atom stereocenters. The Kier molecular flexibility index (Phi) is 72.8. The SMILES string of the molecule is CCCCCCCCCCCCCCCCCCCCCCCCC(=O)O[C@H](COC(=O)CCCCCCCCCCCCCCCCC(C)CC)COP(=O)(O)OC[C@@H](O)COP(=O)(O)OC[C@@H](COC(=O)CCCCCCCCCCC(C)C)OC(=O)CCCCCCCCCCC(C)CC. The fourth-order valence-corrected chi connectivity index (χ4v) is 14.5. The van der Waals surface area contributed by atoms with E-state index >= 15 is 0 Å². The molecule has 0 radical (unpaired) electrons. The summed E-state index contributed by atoms with van der Waals surface area (Å²) in [7, 11) is -9.92. The molecule has 0 aliphatic carbocycles. The average molecular weight is 1510 g/mol. The Morgan fingerprint density at radius 2 is 0.495 bits per heavy atom. The molecule has 0 saturated heterocycles. The van der Waals surface area contributed by atoms with Gasteiger partial charge in [-0.3, -0.25) is 37.3 Å². The van der Waals surface area contributed by atoms with Gasteiger partial charge in [-0.05, 0) is 43.4 Å². The molecule has 0 heterocycles. The number of aliphatic hydroxyl groups excluding tert-OH is 1. The number of carbonyl (C=O) groups is 4. The van der Waals surface area contributed by atoms with Crippen molar-refractivity contribution in [2.75, 3.05) is 39.6 Å². The van der Waals surface area contributed by atoms with Crippen molar-refractivity contribution in [3.63, 3.8) is 0 Å². The summed E-state index contributed by atoms with van der Waals surface area (Å²) in [5.41, 5.74) is 0. The van der Waals surface area contributed by atoms with Crippen molar-refractivity contribution in [1.82, 2.24) is 0 Å². The van der Waals surface area contributed by atoms with E-state index in [4.69, 9.17) is 37.0 Å². The van der Waals surface area contributed by atoms with Crippen LogP contribution < -0.4 is 0 Å². The molecule has 0 rings (SSSR count). The third kappa shape index (κ3) is 75.3. The summed E-state index contributed by atoms with van der Waals surface area (Å²) in [6.45, 7) is 12.0. The summed E-state index contributed by atoms with van der Waals surface area (Å²) >= 11 is 0. The van der Waals surface area contributed by atoms with Crippen LogP contribution in [0.2, 0.25) is 0 Å². The molecule has 0 fully saturated rings. The quantitative estimate of drug-likeness (QED) is 0.0222. The number of hydrogen-bond donors (Lipinski definition) is 3. The summed E-state index contributed by atoms with van der Waals surface area (Å²) in [5, 5.41) is 10.7. The van der Waals surface area contributed by atoms with Gasteiger partial charge in [0, 0.05) is 25.7 Å². The monoisotopic (exact) mass is 1510 g/mol. The van der Waals surface area contributed by atoms with Crippen LogP contribution in [0.5, 0.6) is 0 Å². The number of rotatable bonds is 82. The lowest BCUT2D eigenvalue weighted by molar-refractivity contribution is -0.161. The van der Waals surface area contributed by atoms with Crippen LogP contribution in [0.3, 0.4) is 0 Å². The summed E-state index contributed by atoms with van der Waals surface area (Å²) in [5.74, 6) is 0.235. The second-order valence-corrected chi connectivity index (χ2v) is 34.1. The van der Waals surface area contributed by atoms with E-state index in [2.05, 4.69) is 48.5 Å². The highest BCUT2D eigenvalue weighted by molar-refractivity contribution is 7.47. The molecule has 0 bridgehead atoms. The van der Waals surface area contributed by atoms with Crippen molar-refractivity contribution in [1.29, 1.82) is 0 Å². The molecular weight excluding hydrogens is 1340 g/mol. The topological polar surface area (TPSA) is 237 Å². The first-order valence-electron chi connectivity index (χ1n) is 43.4. The molecular formula is C84H164O17P2. The highest BCUT2D eigenvalue weighted by Gasteiger charge is 2.30. The summed E-state index contributed by atoms with van der Waals surface area (Å²) in [6, 6.07) is 0. The van der Waals surface area contributed by atoms with Crippen LogP contribution in [0.4, 0.5) is 0 Å². The third-order valence-corrected chi connectivity index (χ3v) is 22.3. The predicted octanol–water partition coefficient (Wildman–Crippen LogP) is 25.3. The largest absolute Gasteiger partial charge is 0.472 e. The van der Waals surface area contributed by atoms with Crippen LogP contribution in [0.25, 0.3) is 0 Å². The fourth-order valence-electron chi connectivity index (χ4n) is 13.0. The van der Waals surface area contributed by atoms with Gasteiger partial charge >= 0.3 is 39.5 Å². The Balaban J connectivity index is 5.22. The number of aliphatic hydroxyl groups is 1. The Morgan fingerprint density at radius 3 is 0.738 bits per heavy atom. The molecule has 0 aliphatic heterocycles. The van der Waals surface area contributed by atoms with E-state index in [-0.39, 0.29) is 25.7 Å². The number of unbranched alkanes of at least 4 members (excludes halogenated alkanes) is 48. The van der Waals surface area contributed by atoms with E-state index < -0.39 is 97.5 Å². The van der Waals surface area contributed by atoms with E-state index in [0.717, 1.165) is 108 Å². The molecule has 103 heavy (non-hydrogen) atoms. The van der Waals surface area contributed by atoms with Gasteiger partial charge in [0.25, 0.3) is 0 Å². The minimum Gasteiger partial charge on any atom is -0.462 e. The van der Waals surface area contributed by atoms with Crippen molar-refractivity contribution in [2.45, 2.75) is 458 Å². The molecule has 0 amide bonds. The first-order chi connectivity index (χ1) is 49.8. The lowest BCUT2D eigenvalue weighted by atomic mass is 9.99. The van der Waals surface area contributed by atoms with Gasteiger partial charge in [-0.25, -0.2) is 9.13 Å². The van der Waals surface area contributed by atoms with E-state index in [9.17, 15) is 43.2 Å². The fraction of sp³-hybridized carbons (Fsp3) is 0.952. The van der Waals surface area contributed by atoms with Crippen molar-refractivity contribution in [3.05, 3.63) is 0 Å². The minimum atomic E-state index is -4.97. The molecule has 7 atom stereocenters. The van der Waals surface area contributed by atoms with E-state index in [1.54, 1.807) is 0 Å². The average Bonchev–Trinajstić information content (AvgIpc) is 0.942. The van der Waals surface area contributed by atoms with Gasteiger partial charge in [0.1, 0.15) is 19.3 Å². The van der Waals surface area contributed by atoms with Crippen molar-refractivity contribution in [3.8, 4) is 0 Å². The second-order valence-electron chi connectivity index (χ2n) is 31.2. The summed E-state index contributed by atoms with van der Waals surface area (Å²) in [6.07, 6.45) is 63.9. The molecule has 0 aromatic carbocycles. The van der Waals surface area contributed by atoms with Gasteiger partial charge in [0.15, 0.2) is 12.2 Å². The van der Waals surface area contributed by atoms with E-state index in [1.807, 2.05) is 0 Å². The smallest absolute Gasteiger partial charge is 0.462 e. The standard InChI is InChI=1S/C84H164O17P2/c1-8-11-12-13-14-15-16-17-18-19-20-21-22-23-24-25-30-33-36-46-53-60-67-83(88)100-79(71-94-81(86)65-58-51-44-35-32-29-27-26-28-31-34-42-49-56-63-76(6)9-2)73-98-102(90,91)96-69-78(85)70-97-103(92,93)99-74-80(72-95-82(87)66-59-52-45-39-37-41-48-55-62-75(4)5)101-84(89)68-61-54-47-40-38-43-50-57-64-77(7)10-3/h75-80,85H,8-74H2,1-7H3,(H,90,91)(H,92,93)/t76?,77?,78-,79-,80-/m1/s1. The van der Waals surface area contributed by atoms with Crippen LogP contribution in [0.1, 0.15) is 440 Å². The Hall–Kier alpha value is -1.94. The van der Waals surface area contributed by atoms with Gasteiger partial charge in [-0.2, -0.15) is 0 Å². The number of phosphoric acid groups is 2. The van der Waals surface area contributed by atoms with E-state index in [1.165, 1.54) is 250 Å². The first kappa shape index (κ1) is 101. The lowest BCUT2D eigenvalue weighted by Gasteiger charge is -2.21. The first-order valence-corrected chi connectivity index (χ1v) is 46.4. The zero-order valence-electron chi connectivity index (χ0n) is 67.8. The maximum Gasteiger partial charge on any atom is 0.472 e. The summed E-state index contributed by atoms with van der Waals surface area (Å²) < 4.78 is 68.8. The van der Waals surface area contributed by atoms with Gasteiger partial charge < -0.3 is 33.8 Å². The van der Waals surface area contributed by atoms with Crippen molar-refractivity contribution >= 4 is 39.5 Å². The van der Waals surface area contributed by atoms with Gasteiger partial charge in [-0.15, -0.1) is 0 Å². The molecule has 0 saturated carbocycles. The highest BCUT2D eigenvalue weighted by Crippen LogP contribution is 2.45. The van der Waals surface area contributed by atoms with Crippen LogP contribution in [-0.2, 0) is 65.4 Å². The van der Waals surface area contributed by atoms with Crippen molar-refractivity contribution < 1.29 is 80.2 Å². The zero-order chi connectivity index (χ0) is 75.8. The molecule has 0 aromatic heterocycles. The number of esters is 4. The van der Waals surface area contributed by atoms with Crippen LogP contribution in [0, 0.1) is 17.8 Å². The molecule has 612 valence electrons. The summed E-state index contributed by atoms with van der Waals surface area (Å²) in [4.78, 5) is 73.1. The van der Waals surface area contributed by atoms with Crippen molar-refractivity contribution in [2.24, 2.45) is 17.8 Å². The number of phosphoric ester groups is 2. The zero-order valence-corrected chi connectivity index (χ0v) is 69.6.